The number of rotatable bonds is 2. The maximum Gasteiger partial charge on any atom is 0.302 e. The minimum Gasteiger partial charge on any atom is -0.510 e. The van der Waals surface area contributed by atoms with Gasteiger partial charge in [0.25, 0.3) is 0 Å². The molecular formula is C10H21ClO5. The van der Waals surface area contributed by atoms with E-state index in [1.807, 2.05) is 0 Å². The summed E-state index contributed by atoms with van der Waals surface area (Å²) in [4.78, 5) is 19.0. The molecule has 0 aromatic rings. The van der Waals surface area contributed by atoms with E-state index in [9.17, 15) is 9.59 Å². The lowest BCUT2D eigenvalue weighted by molar-refractivity contribution is -0.137. The number of hydrogen-bond donors (Lipinski definition) is 1. The molecule has 16 heavy (non-hydrogen) atoms. The molecule has 0 fully saturated rings. The van der Waals surface area contributed by atoms with Gasteiger partial charge < -0.3 is 19.4 Å². The summed E-state index contributed by atoms with van der Waals surface area (Å²) in [6.45, 7) is 7.83. The van der Waals surface area contributed by atoms with E-state index in [1.165, 1.54) is 35.0 Å². The van der Waals surface area contributed by atoms with E-state index < -0.39 is 0 Å². The third-order valence-corrected chi connectivity index (χ3v) is 0.598. The molecule has 1 N–H and O–H groups in total. The normalized spacial score (nSPS) is 6.81. The van der Waals surface area contributed by atoms with Crippen molar-refractivity contribution in [3.63, 3.8) is 0 Å². The SMILES string of the molecule is C=C(O)COC.CC(C)=O.COC(C)=O.Cl. The number of aliphatic hydroxyl groups is 1. The highest BCUT2D eigenvalue weighted by Crippen LogP contribution is 1.77. The first-order valence-corrected chi connectivity index (χ1v) is 4.15. The molecule has 0 aromatic carbocycles. The average Bonchev–Trinajstić information content (AvgIpc) is 2.03. The Hall–Kier alpha value is -1.07. The van der Waals surface area contributed by atoms with Gasteiger partial charge in [-0.15, -0.1) is 12.4 Å². The molecule has 0 bridgehead atoms. The van der Waals surface area contributed by atoms with Gasteiger partial charge in [-0.1, -0.05) is 6.58 Å². The fourth-order valence-corrected chi connectivity index (χ4v) is 0.167. The van der Waals surface area contributed by atoms with Gasteiger partial charge in [0.1, 0.15) is 18.1 Å². The summed E-state index contributed by atoms with van der Waals surface area (Å²) in [5.74, 6) is -0.0116. The van der Waals surface area contributed by atoms with Crippen molar-refractivity contribution in [2.24, 2.45) is 0 Å². The van der Waals surface area contributed by atoms with E-state index >= 15 is 0 Å². The van der Waals surface area contributed by atoms with E-state index in [-0.39, 0.29) is 36.5 Å². The van der Waals surface area contributed by atoms with Crippen LogP contribution < -0.4 is 0 Å². The number of carbonyl (C=O) groups is 2. The molecule has 0 spiro atoms. The molecule has 0 heterocycles. The zero-order chi connectivity index (χ0) is 12.9. The van der Waals surface area contributed by atoms with Crippen LogP contribution in [-0.2, 0) is 19.1 Å². The fraction of sp³-hybridized carbons (Fsp3) is 0.600. The summed E-state index contributed by atoms with van der Waals surface area (Å²) in [6, 6.07) is 0. The van der Waals surface area contributed by atoms with Crippen molar-refractivity contribution in [1.82, 2.24) is 0 Å². The predicted octanol–water partition coefficient (Wildman–Crippen LogP) is 1.90. The van der Waals surface area contributed by atoms with Crippen LogP contribution in [-0.4, -0.2) is 37.7 Å². The van der Waals surface area contributed by atoms with Crippen LogP contribution in [0.2, 0.25) is 0 Å². The van der Waals surface area contributed by atoms with Crippen molar-refractivity contribution in [2.45, 2.75) is 20.8 Å². The molecule has 0 aliphatic rings. The quantitative estimate of drug-likeness (QED) is 0.603. The zero-order valence-electron chi connectivity index (χ0n) is 10.4. The van der Waals surface area contributed by atoms with Crippen LogP contribution in [0.25, 0.3) is 0 Å². The van der Waals surface area contributed by atoms with Gasteiger partial charge in [-0.25, -0.2) is 0 Å². The van der Waals surface area contributed by atoms with Gasteiger partial charge in [0.15, 0.2) is 0 Å². The summed E-state index contributed by atoms with van der Waals surface area (Å²) in [5, 5.41) is 8.23. The van der Waals surface area contributed by atoms with Crippen molar-refractivity contribution in [3.05, 3.63) is 12.3 Å². The van der Waals surface area contributed by atoms with Gasteiger partial charge in [0.2, 0.25) is 0 Å². The Morgan fingerprint density at radius 2 is 1.44 bits per heavy atom. The summed E-state index contributed by atoms with van der Waals surface area (Å²) in [6.07, 6.45) is 0. The molecule has 98 valence electrons. The molecule has 5 nitrogen and oxygen atoms in total. The minimum absolute atomic E-state index is 0. The Kier molecular flexibility index (Phi) is 29.5. The fourth-order valence-electron chi connectivity index (χ4n) is 0.167. The lowest BCUT2D eigenvalue weighted by atomic mass is 10.6. The van der Waals surface area contributed by atoms with Crippen LogP contribution in [0.15, 0.2) is 12.3 Å². The lowest BCUT2D eigenvalue weighted by Crippen LogP contribution is -1.88. The Bertz CT molecular complexity index is 188. The van der Waals surface area contributed by atoms with Crippen LogP contribution in [0.4, 0.5) is 0 Å². The largest absolute Gasteiger partial charge is 0.510 e. The van der Waals surface area contributed by atoms with Crippen LogP contribution in [0, 0.1) is 0 Å². The maximum atomic E-state index is 9.59. The molecule has 0 aliphatic heterocycles. The van der Waals surface area contributed by atoms with Gasteiger partial charge in [0.05, 0.1) is 7.11 Å². The topological polar surface area (TPSA) is 72.8 Å². The third kappa shape index (κ3) is 119. The molecule has 0 radical (unpaired) electrons. The molecule has 0 atom stereocenters. The lowest BCUT2D eigenvalue weighted by Gasteiger charge is -1.89. The Morgan fingerprint density at radius 1 is 1.19 bits per heavy atom. The Morgan fingerprint density at radius 3 is 1.44 bits per heavy atom. The summed E-state index contributed by atoms with van der Waals surface area (Å²) in [7, 11) is 2.85. The molecular weight excluding hydrogens is 236 g/mol. The summed E-state index contributed by atoms with van der Waals surface area (Å²) < 4.78 is 8.56. The van der Waals surface area contributed by atoms with Gasteiger partial charge >= 0.3 is 5.97 Å². The summed E-state index contributed by atoms with van der Waals surface area (Å²) in [5.41, 5.74) is 0. The average molecular weight is 257 g/mol. The highest BCUT2D eigenvalue weighted by molar-refractivity contribution is 5.85. The standard InChI is InChI=1S/C4H8O2.C3H6O2.C3H6O.ClH/c1-4(5)3-6-2;1-3(4)5-2;1-3(2)4;/h5H,1,3H2,2H3;1-2H3;1-2H3;1H. The highest BCUT2D eigenvalue weighted by Gasteiger charge is 1.78. The molecule has 0 aromatic heterocycles. The first kappa shape index (κ1) is 24.3. The number of aliphatic hydroxyl groups excluding tert-OH is 1. The number of methoxy groups -OCH3 is 2. The second-order valence-corrected chi connectivity index (χ2v) is 2.60. The minimum atomic E-state index is -0.245. The van der Waals surface area contributed by atoms with Crippen molar-refractivity contribution >= 4 is 24.2 Å². The van der Waals surface area contributed by atoms with E-state index in [0.29, 0.717) is 0 Å². The number of hydrogen-bond acceptors (Lipinski definition) is 5. The molecule has 0 aliphatic carbocycles. The maximum absolute atomic E-state index is 9.59. The Balaban J connectivity index is -0.0000000668. The van der Waals surface area contributed by atoms with Gasteiger partial charge in [0, 0.05) is 14.0 Å². The third-order valence-electron chi connectivity index (χ3n) is 0.598. The predicted molar refractivity (Wildman–Crippen MR) is 64.9 cm³/mol. The highest BCUT2D eigenvalue weighted by atomic mass is 35.5. The number of halogens is 1. The molecule has 0 saturated heterocycles. The molecule has 0 rings (SSSR count). The van der Waals surface area contributed by atoms with Gasteiger partial charge in [-0.3, -0.25) is 4.79 Å². The smallest absolute Gasteiger partial charge is 0.302 e. The first-order chi connectivity index (χ1) is 6.77. The van der Waals surface area contributed by atoms with Gasteiger partial charge in [-0.2, -0.15) is 0 Å². The number of Topliss-reactive ketones (excluding diaryl/α,β-unsaturated/α-hetero) is 1. The number of carbonyl (C=O) groups excluding carboxylic acids is 2. The van der Waals surface area contributed by atoms with Crippen molar-refractivity contribution in [1.29, 1.82) is 0 Å². The van der Waals surface area contributed by atoms with E-state index in [1.54, 1.807) is 0 Å². The van der Waals surface area contributed by atoms with Crippen LogP contribution >= 0.6 is 12.4 Å². The number of esters is 1. The molecule has 0 unspecified atom stereocenters. The number of ketones is 1. The molecule has 0 saturated carbocycles. The van der Waals surface area contributed by atoms with Crippen LogP contribution in [0.5, 0.6) is 0 Å². The molecule has 0 amide bonds. The second-order valence-electron chi connectivity index (χ2n) is 2.60. The summed E-state index contributed by atoms with van der Waals surface area (Å²) >= 11 is 0. The van der Waals surface area contributed by atoms with Crippen LogP contribution in [0.1, 0.15) is 20.8 Å². The zero-order valence-corrected chi connectivity index (χ0v) is 11.2. The van der Waals surface area contributed by atoms with E-state index in [4.69, 9.17) is 5.11 Å². The van der Waals surface area contributed by atoms with Crippen molar-refractivity contribution in [2.75, 3.05) is 20.8 Å². The van der Waals surface area contributed by atoms with Crippen molar-refractivity contribution < 1.29 is 24.2 Å². The van der Waals surface area contributed by atoms with E-state index in [2.05, 4.69) is 16.1 Å². The Labute approximate surface area is 103 Å². The van der Waals surface area contributed by atoms with Crippen LogP contribution in [0.3, 0.4) is 0 Å². The van der Waals surface area contributed by atoms with Crippen molar-refractivity contribution in [3.8, 4) is 0 Å². The number of ether oxygens (including phenoxy) is 2. The van der Waals surface area contributed by atoms with Gasteiger partial charge in [-0.05, 0) is 13.8 Å². The molecule has 6 heteroatoms. The van der Waals surface area contributed by atoms with E-state index in [0.717, 1.165) is 0 Å². The first-order valence-electron chi connectivity index (χ1n) is 4.15. The monoisotopic (exact) mass is 256 g/mol. The second kappa shape index (κ2) is 19.5.